The van der Waals surface area contributed by atoms with Gasteiger partial charge in [-0.1, -0.05) is 12.1 Å². The predicted octanol–water partition coefficient (Wildman–Crippen LogP) is 1.30. The molecule has 0 aliphatic carbocycles. The quantitative estimate of drug-likeness (QED) is 0.747. The summed E-state index contributed by atoms with van der Waals surface area (Å²) in [5, 5.41) is 5.62. The van der Waals surface area contributed by atoms with E-state index in [0.29, 0.717) is 6.54 Å². The first-order chi connectivity index (χ1) is 6.31. The topological polar surface area (TPSA) is 43.8 Å². The molecule has 3 nitrogen and oxygen atoms in total. The third kappa shape index (κ3) is 1.42. The zero-order chi connectivity index (χ0) is 9.26. The number of benzene rings is 1. The lowest BCUT2D eigenvalue weighted by Crippen LogP contribution is -2.09. The van der Waals surface area contributed by atoms with E-state index in [9.17, 15) is 0 Å². The molecule has 3 heteroatoms. The zero-order valence-corrected chi connectivity index (χ0v) is 7.70. The van der Waals surface area contributed by atoms with Gasteiger partial charge in [-0.3, -0.25) is 4.68 Å². The van der Waals surface area contributed by atoms with Gasteiger partial charge in [0.1, 0.15) is 0 Å². The minimum atomic E-state index is 0.632. The van der Waals surface area contributed by atoms with Gasteiger partial charge in [0.15, 0.2) is 0 Å². The molecule has 0 aliphatic heterocycles. The fourth-order valence-corrected chi connectivity index (χ4v) is 1.48. The van der Waals surface area contributed by atoms with E-state index in [1.807, 2.05) is 16.8 Å². The van der Waals surface area contributed by atoms with Crippen LogP contribution in [0.3, 0.4) is 0 Å². The summed E-state index contributed by atoms with van der Waals surface area (Å²) in [7, 11) is 0. The van der Waals surface area contributed by atoms with Crippen LogP contribution in [-0.2, 0) is 6.54 Å². The summed E-state index contributed by atoms with van der Waals surface area (Å²) >= 11 is 0. The molecule has 0 saturated carbocycles. The van der Waals surface area contributed by atoms with Crippen LogP contribution >= 0.6 is 0 Å². The SMILES string of the molecule is Cc1cccc2nn(CCN)cc12. The van der Waals surface area contributed by atoms with E-state index in [-0.39, 0.29) is 0 Å². The van der Waals surface area contributed by atoms with Crippen LogP contribution in [-0.4, -0.2) is 16.3 Å². The predicted molar refractivity (Wildman–Crippen MR) is 53.5 cm³/mol. The molecule has 2 rings (SSSR count). The number of hydrogen-bond donors (Lipinski definition) is 1. The van der Waals surface area contributed by atoms with Crippen molar-refractivity contribution in [2.24, 2.45) is 5.73 Å². The largest absolute Gasteiger partial charge is 0.329 e. The van der Waals surface area contributed by atoms with E-state index < -0.39 is 0 Å². The van der Waals surface area contributed by atoms with Crippen molar-refractivity contribution in [1.82, 2.24) is 9.78 Å². The van der Waals surface area contributed by atoms with Crippen molar-refractivity contribution < 1.29 is 0 Å². The summed E-state index contributed by atoms with van der Waals surface area (Å²) in [5.41, 5.74) is 7.77. The summed E-state index contributed by atoms with van der Waals surface area (Å²) in [5.74, 6) is 0. The van der Waals surface area contributed by atoms with E-state index in [1.165, 1.54) is 10.9 Å². The molecule has 68 valence electrons. The molecule has 2 N–H and O–H groups in total. The highest BCUT2D eigenvalue weighted by molar-refractivity contribution is 5.81. The molecular formula is C10H13N3. The van der Waals surface area contributed by atoms with Gasteiger partial charge < -0.3 is 5.73 Å². The summed E-state index contributed by atoms with van der Waals surface area (Å²) in [6.45, 7) is 3.51. The molecule has 0 amide bonds. The van der Waals surface area contributed by atoms with E-state index in [2.05, 4.69) is 24.3 Å². The van der Waals surface area contributed by atoms with Crippen molar-refractivity contribution >= 4 is 10.9 Å². The number of nitrogens with zero attached hydrogens (tertiary/aromatic N) is 2. The van der Waals surface area contributed by atoms with Crippen LogP contribution in [0.2, 0.25) is 0 Å². The monoisotopic (exact) mass is 175 g/mol. The molecule has 0 atom stereocenters. The van der Waals surface area contributed by atoms with Crippen LogP contribution in [0.25, 0.3) is 10.9 Å². The smallest absolute Gasteiger partial charge is 0.0925 e. The van der Waals surface area contributed by atoms with Crippen LogP contribution in [0.5, 0.6) is 0 Å². The normalized spacial score (nSPS) is 10.9. The second kappa shape index (κ2) is 3.18. The second-order valence-corrected chi connectivity index (χ2v) is 3.19. The minimum Gasteiger partial charge on any atom is -0.329 e. The Labute approximate surface area is 77.2 Å². The highest BCUT2D eigenvalue weighted by Crippen LogP contribution is 2.15. The van der Waals surface area contributed by atoms with E-state index in [0.717, 1.165) is 12.1 Å². The first-order valence-electron chi connectivity index (χ1n) is 4.44. The Morgan fingerprint density at radius 3 is 3.00 bits per heavy atom. The molecule has 1 heterocycles. The lowest BCUT2D eigenvalue weighted by Gasteiger charge is -1.93. The standard InChI is InChI=1S/C10H13N3/c1-8-3-2-4-10-9(8)7-13(12-10)6-5-11/h2-4,7H,5-6,11H2,1H3. The van der Waals surface area contributed by atoms with Crippen molar-refractivity contribution in [1.29, 1.82) is 0 Å². The number of nitrogens with two attached hydrogens (primary N) is 1. The average Bonchev–Trinajstić information content (AvgIpc) is 2.49. The third-order valence-corrected chi connectivity index (χ3v) is 2.17. The molecule has 0 aliphatic rings. The van der Waals surface area contributed by atoms with Crippen molar-refractivity contribution in [3.05, 3.63) is 30.0 Å². The summed E-state index contributed by atoms with van der Waals surface area (Å²) < 4.78 is 1.90. The van der Waals surface area contributed by atoms with Crippen molar-refractivity contribution in [2.75, 3.05) is 6.54 Å². The molecule has 2 aromatic rings. The molecule has 0 fully saturated rings. The van der Waals surface area contributed by atoms with Crippen molar-refractivity contribution in [3.63, 3.8) is 0 Å². The van der Waals surface area contributed by atoms with Crippen LogP contribution in [0.1, 0.15) is 5.56 Å². The van der Waals surface area contributed by atoms with Gasteiger partial charge in [0.05, 0.1) is 12.1 Å². The van der Waals surface area contributed by atoms with Gasteiger partial charge in [-0.2, -0.15) is 5.10 Å². The minimum absolute atomic E-state index is 0.632. The van der Waals surface area contributed by atoms with Crippen LogP contribution in [0.4, 0.5) is 0 Å². The van der Waals surface area contributed by atoms with Gasteiger partial charge in [-0.15, -0.1) is 0 Å². The van der Waals surface area contributed by atoms with Crippen LogP contribution in [0, 0.1) is 6.92 Å². The maximum Gasteiger partial charge on any atom is 0.0925 e. The number of fused-ring (bicyclic) bond motifs is 1. The molecule has 1 aromatic heterocycles. The van der Waals surface area contributed by atoms with Crippen LogP contribution < -0.4 is 5.73 Å². The van der Waals surface area contributed by atoms with E-state index >= 15 is 0 Å². The van der Waals surface area contributed by atoms with Gasteiger partial charge in [0, 0.05) is 18.1 Å². The van der Waals surface area contributed by atoms with Crippen molar-refractivity contribution in [3.8, 4) is 0 Å². The maximum absolute atomic E-state index is 5.46. The Bertz CT molecular complexity index is 417. The lowest BCUT2D eigenvalue weighted by atomic mass is 10.1. The first kappa shape index (κ1) is 8.26. The fourth-order valence-electron chi connectivity index (χ4n) is 1.48. The molecule has 0 spiro atoms. The molecule has 0 bridgehead atoms. The van der Waals surface area contributed by atoms with E-state index in [4.69, 9.17) is 5.73 Å². The summed E-state index contributed by atoms with van der Waals surface area (Å²) in [6, 6.07) is 6.14. The maximum atomic E-state index is 5.46. The second-order valence-electron chi connectivity index (χ2n) is 3.19. The number of aryl methyl sites for hydroxylation is 1. The molecule has 0 unspecified atom stereocenters. The molecule has 0 saturated heterocycles. The van der Waals surface area contributed by atoms with Gasteiger partial charge in [0.25, 0.3) is 0 Å². The van der Waals surface area contributed by atoms with Gasteiger partial charge in [-0.25, -0.2) is 0 Å². The molecule has 13 heavy (non-hydrogen) atoms. The first-order valence-corrected chi connectivity index (χ1v) is 4.44. The summed E-state index contributed by atoms with van der Waals surface area (Å²) in [4.78, 5) is 0. The van der Waals surface area contributed by atoms with Gasteiger partial charge >= 0.3 is 0 Å². The Balaban J connectivity index is 2.55. The highest BCUT2D eigenvalue weighted by atomic mass is 15.3. The average molecular weight is 175 g/mol. The van der Waals surface area contributed by atoms with Gasteiger partial charge in [0.2, 0.25) is 0 Å². The van der Waals surface area contributed by atoms with Gasteiger partial charge in [-0.05, 0) is 18.6 Å². The number of rotatable bonds is 2. The van der Waals surface area contributed by atoms with E-state index in [1.54, 1.807) is 0 Å². The Hall–Kier alpha value is -1.35. The molecule has 1 aromatic carbocycles. The fraction of sp³-hybridized carbons (Fsp3) is 0.300. The van der Waals surface area contributed by atoms with Crippen molar-refractivity contribution in [2.45, 2.75) is 13.5 Å². The number of hydrogen-bond acceptors (Lipinski definition) is 2. The Kier molecular flexibility index (Phi) is 2.02. The Morgan fingerprint density at radius 2 is 2.31 bits per heavy atom. The Morgan fingerprint density at radius 1 is 1.46 bits per heavy atom. The van der Waals surface area contributed by atoms with Crippen LogP contribution in [0.15, 0.2) is 24.4 Å². The molecule has 0 radical (unpaired) electrons. The lowest BCUT2D eigenvalue weighted by molar-refractivity contribution is 0.631. The zero-order valence-electron chi connectivity index (χ0n) is 7.70. The highest BCUT2D eigenvalue weighted by Gasteiger charge is 2.00. The summed E-state index contributed by atoms with van der Waals surface area (Å²) in [6.07, 6.45) is 2.05. The molecular weight excluding hydrogens is 162 g/mol. The number of aromatic nitrogens is 2. The third-order valence-electron chi connectivity index (χ3n) is 2.17.